The van der Waals surface area contributed by atoms with Gasteiger partial charge in [0, 0.05) is 37.2 Å². The zero-order valence-corrected chi connectivity index (χ0v) is 10.2. The average molecular weight is 251 g/mol. The topological polar surface area (TPSA) is 54.1 Å². The van der Waals surface area contributed by atoms with Gasteiger partial charge in [-0.05, 0) is 6.07 Å². The molecule has 1 aromatic carbocycles. The normalized spacial score (nSPS) is 16.3. The van der Waals surface area contributed by atoms with Crippen molar-refractivity contribution in [3.05, 3.63) is 30.5 Å². The summed E-state index contributed by atoms with van der Waals surface area (Å²) in [6.45, 7) is 1.22. The summed E-state index contributed by atoms with van der Waals surface area (Å²) in [7, 11) is -1.45. The molecule has 5 nitrogen and oxygen atoms in total. The summed E-state index contributed by atoms with van der Waals surface area (Å²) in [6, 6.07) is 7.71. The molecule has 0 spiro atoms. The molecule has 1 saturated heterocycles. The number of rotatable bonds is 3. The lowest BCUT2D eigenvalue weighted by atomic mass is 10.2. The SMILES string of the molecule is Cn1cc(NS(=O)(=O)N2CC2)c2ccccc21. The standard InChI is InChI=1S/C11H13N3O2S/c1-13-8-10(9-4-2-3-5-11(9)13)12-17(15,16)14-6-7-14/h2-5,8,12H,6-7H2,1H3. The molecular weight excluding hydrogens is 238 g/mol. The summed E-state index contributed by atoms with van der Waals surface area (Å²) in [6.07, 6.45) is 1.80. The van der Waals surface area contributed by atoms with Crippen LogP contribution in [-0.4, -0.2) is 30.4 Å². The molecule has 0 aliphatic carbocycles. The van der Waals surface area contributed by atoms with E-state index in [4.69, 9.17) is 0 Å². The smallest absolute Gasteiger partial charge is 0.301 e. The highest BCUT2D eigenvalue weighted by molar-refractivity contribution is 7.90. The Balaban J connectivity index is 2.06. The van der Waals surface area contributed by atoms with E-state index < -0.39 is 10.2 Å². The van der Waals surface area contributed by atoms with Gasteiger partial charge in [0.2, 0.25) is 0 Å². The molecule has 0 unspecified atom stereocenters. The fraction of sp³-hybridized carbons (Fsp3) is 0.273. The molecule has 0 saturated carbocycles. The number of aromatic nitrogens is 1. The molecule has 90 valence electrons. The minimum atomic E-state index is -3.35. The van der Waals surface area contributed by atoms with Gasteiger partial charge in [-0.3, -0.25) is 4.72 Å². The summed E-state index contributed by atoms with van der Waals surface area (Å²) in [4.78, 5) is 0. The number of fused-ring (bicyclic) bond motifs is 1. The molecule has 0 atom stereocenters. The third-order valence-electron chi connectivity index (χ3n) is 2.88. The Morgan fingerprint density at radius 2 is 1.94 bits per heavy atom. The number of nitrogens with one attached hydrogen (secondary N) is 1. The molecule has 2 aromatic rings. The quantitative estimate of drug-likeness (QED) is 0.832. The molecule has 1 fully saturated rings. The number of anilines is 1. The van der Waals surface area contributed by atoms with Gasteiger partial charge in [-0.15, -0.1) is 0 Å². The van der Waals surface area contributed by atoms with Crippen molar-refractivity contribution in [1.82, 2.24) is 8.87 Å². The first-order valence-electron chi connectivity index (χ1n) is 5.40. The minimum absolute atomic E-state index is 0.611. The van der Waals surface area contributed by atoms with Gasteiger partial charge in [0.05, 0.1) is 5.69 Å². The van der Waals surface area contributed by atoms with Crippen LogP contribution in [0.5, 0.6) is 0 Å². The molecule has 0 radical (unpaired) electrons. The van der Waals surface area contributed by atoms with Crippen molar-refractivity contribution in [2.75, 3.05) is 17.8 Å². The summed E-state index contributed by atoms with van der Waals surface area (Å²) >= 11 is 0. The molecule has 1 aliphatic rings. The lowest BCUT2D eigenvalue weighted by molar-refractivity contribution is 0.569. The van der Waals surface area contributed by atoms with Gasteiger partial charge in [0.25, 0.3) is 0 Å². The first-order valence-corrected chi connectivity index (χ1v) is 6.84. The maximum atomic E-state index is 11.8. The summed E-state index contributed by atoms with van der Waals surface area (Å²) in [5.41, 5.74) is 1.64. The van der Waals surface area contributed by atoms with Crippen molar-refractivity contribution in [1.29, 1.82) is 0 Å². The number of aryl methyl sites for hydroxylation is 1. The van der Waals surface area contributed by atoms with Crippen LogP contribution in [0.25, 0.3) is 10.9 Å². The molecule has 0 amide bonds. The van der Waals surface area contributed by atoms with Gasteiger partial charge in [0.1, 0.15) is 0 Å². The van der Waals surface area contributed by atoms with E-state index in [1.54, 1.807) is 6.20 Å². The number of para-hydroxylation sites is 1. The zero-order chi connectivity index (χ0) is 12.0. The fourth-order valence-corrected chi connectivity index (χ4v) is 3.04. The molecule has 2 heterocycles. The highest BCUT2D eigenvalue weighted by atomic mass is 32.2. The van der Waals surface area contributed by atoms with E-state index in [9.17, 15) is 8.42 Å². The predicted octanol–water partition coefficient (Wildman–Crippen LogP) is 1.15. The van der Waals surface area contributed by atoms with Crippen LogP contribution in [-0.2, 0) is 17.3 Å². The monoisotopic (exact) mass is 251 g/mol. The third-order valence-corrected chi connectivity index (χ3v) is 4.40. The average Bonchev–Trinajstić information content (AvgIpc) is 3.08. The van der Waals surface area contributed by atoms with Crippen LogP contribution in [0.3, 0.4) is 0 Å². The number of hydrogen-bond acceptors (Lipinski definition) is 2. The van der Waals surface area contributed by atoms with Gasteiger partial charge in [-0.1, -0.05) is 18.2 Å². The van der Waals surface area contributed by atoms with Crippen molar-refractivity contribution in [3.8, 4) is 0 Å². The maximum absolute atomic E-state index is 11.8. The van der Waals surface area contributed by atoms with E-state index in [2.05, 4.69) is 4.72 Å². The minimum Gasteiger partial charge on any atom is -0.348 e. The summed E-state index contributed by atoms with van der Waals surface area (Å²) in [5.74, 6) is 0. The van der Waals surface area contributed by atoms with Crippen LogP contribution < -0.4 is 4.72 Å². The molecule has 3 rings (SSSR count). The Morgan fingerprint density at radius 3 is 2.65 bits per heavy atom. The van der Waals surface area contributed by atoms with Crippen molar-refractivity contribution in [3.63, 3.8) is 0 Å². The van der Waals surface area contributed by atoms with Crippen molar-refractivity contribution < 1.29 is 8.42 Å². The van der Waals surface area contributed by atoms with Crippen molar-refractivity contribution >= 4 is 26.8 Å². The Labute approximate surface area is 99.8 Å². The molecule has 17 heavy (non-hydrogen) atoms. The van der Waals surface area contributed by atoms with Crippen LogP contribution in [0.4, 0.5) is 5.69 Å². The van der Waals surface area contributed by atoms with Crippen LogP contribution in [0.15, 0.2) is 30.5 Å². The van der Waals surface area contributed by atoms with Crippen molar-refractivity contribution in [2.24, 2.45) is 7.05 Å². The molecule has 1 aliphatic heterocycles. The van der Waals surface area contributed by atoms with E-state index in [1.807, 2.05) is 35.9 Å². The van der Waals surface area contributed by atoms with E-state index in [-0.39, 0.29) is 0 Å². The number of benzene rings is 1. The molecular formula is C11H13N3O2S. The van der Waals surface area contributed by atoms with E-state index in [1.165, 1.54) is 4.31 Å². The Hall–Kier alpha value is -1.53. The van der Waals surface area contributed by atoms with Crippen LogP contribution >= 0.6 is 0 Å². The first-order chi connectivity index (χ1) is 8.08. The molecule has 6 heteroatoms. The zero-order valence-electron chi connectivity index (χ0n) is 9.42. The van der Waals surface area contributed by atoms with Crippen LogP contribution in [0, 0.1) is 0 Å². The second kappa shape index (κ2) is 3.48. The van der Waals surface area contributed by atoms with Gasteiger partial charge in [-0.2, -0.15) is 12.7 Å². The van der Waals surface area contributed by atoms with Gasteiger partial charge < -0.3 is 4.57 Å². The van der Waals surface area contributed by atoms with Gasteiger partial charge >= 0.3 is 10.2 Å². The van der Waals surface area contributed by atoms with E-state index >= 15 is 0 Å². The van der Waals surface area contributed by atoms with Crippen LogP contribution in [0.2, 0.25) is 0 Å². The van der Waals surface area contributed by atoms with Crippen molar-refractivity contribution in [2.45, 2.75) is 0 Å². The lowest BCUT2D eigenvalue weighted by Crippen LogP contribution is -2.20. The lowest BCUT2D eigenvalue weighted by Gasteiger charge is -2.05. The second-order valence-electron chi connectivity index (χ2n) is 4.18. The third kappa shape index (κ3) is 1.79. The summed E-state index contributed by atoms with van der Waals surface area (Å²) in [5, 5.41) is 0.917. The van der Waals surface area contributed by atoms with E-state index in [0.717, 1.165) is 10.9 Å². The number of hydrogen-bond donors (Lipinski definition) is 1. The highest BCUT2D eigenvalue weighted by Gasteiger charge is 2.32. The maximum Gasteiger partial charge on any atom is 0.301 e. The Kier molecular flexibility index (Phi) is 2.17. The molecule has 1 N–H and O–H groups in total. The van der Waals surface area contributed by atoms with Crippen LogP contribution in [0.1, 0.15) is 0 Å². The largest absolute Gasteiger partial charge is 0.348 e. The highest BCUT2D eigenvalue weighted by Crippen LogP contribution is 2.27. The second-order valence-corrected chi connectivity index (χ2v) is 5.85. The number of nitrogens with zero attached hydrogens (tertiary/aromatic N) is 2. The predicted molar refractivity (Wildman–Crippen MR) is 67.0 cm³/mol. The first kappa shape index (κ1) is 10.6. The van der Waals surface area contributed by atoms with Gasteiger partial charge in [0.15, 0.2) is 0 Å². The van der Waals surface area contributed by atoms with Gasteiger partial charge in [-0.25, -0.2) is 0 Å². The van der Waals surface area contributed by atoms with E-state index in [0.29, 0.717) is 18.8 Å². The molecule has 0 bridgehead atoms. The summed E-state index contributed by atoms with van der Waals surface area (Å²) < 4.78 is 29.6. The fourth-order valence-electron chi connectivity index (χ4n) is 1.91. The molecule has 1 aromatic heterocycles. The Morgan fingerprint density at radius 1 is 1.24 bits per heavy atom. The Bertz CT molecular complexity index is 671.